The van der Waals surface area contributed by atoms with E-state index in [1.165, 1.54) is 69.5 Å². The first-order valence-electron chi connectivity index (χ1n) is 11.3. The van der Waals surface area contributed by atoms with Gasteiger partial charge in [0.2, 0.25) is 0 Å². The van der Waals surface area contributed by atoms with Crippen molar-refractivity contribution in [2.24, 2.45) is 0 Å². The molecule has 0 aromatic heterocycles. The highest BCUT2D eigenvalue weighted by Gasteiger charge is 2.15. The molecule has 0 saturated carbocycles. The van der Waals surface area contributed by atoms with Gasteiger partial charge in [0.25, 0.3) is 0 Å². The van der Waals surface area contributed by atoms with E-state index in [9.17, 15) is 0 Å². The Hall–Kier alpha value is -1.81. The average molecular weight is 427 g/mol. The Morgan fingerprint density at radius 2 is 1.47 bits per heavy atom. The van der Waals surface area contributed by atoms with Crippen molar-refractivity contribution in [1.82, 2.24) is 9.80 Å². The number of unbranched alkanes of at least 4 members (excludes halogenated alkanes) is 3. The van der Waals surface area contributed by atoms with E-state index in [1.807, 2.05) is 36.4 Å². The Morgan fingerprint density at radius 1 is 0.867 bits per heavy atom. The normalized spacial score (nSPS) is 16.0. The first-order valence-corrected chi connectivity index (χ1v) is 11.7. The molecule has 0 amide bonds. The molecule has 162 valence electrons. The topological polar surface area (TPSA) is 15.7 Å². The van der Waals surface area contributed by atoms with Gasteiger partial charge in [0.05, 0.1) is 0 Å². The number of piperazine rings is 1. The second-order valence-corrected chi connectivity index (χ2v) is 8.61. The van der Waals surface area contributed by atoms with Gasteiger partial charge in [0, 0.05) is 37.7 Å². The molecule has 0 unspecified atom stereocenters. The standard InChI is InChI=1S/C26H35ClN2O/c1-3-4-5-6-16-28-18-20-29(21-19-28)17-15-22(2)23-7-11-25(12-8-23)30-26-13-9-24(27)10-14-26/h7-15H,3-6,16-21H2,1-2H3. The first kappa shape index (κ1) is 22.9. The fourth-order valence-electron chi connectivity index (χ4n) is 3.77. The van der Waals surface area contributed by atoms with Crippen LogP contribution in [-0.2, 0) is 0 Å². The molecule has 30 heavy (non-hydrogen) atoms. The third-order valence-corrected chi connectivity index (χ3v) is 6.06. The van der Waals surface area contributed by atoms with Crippen LogP contribution in [0.2, 0.25) is 5.02 Å². The van der Waals surface area contributed by atoms with Gasteiger partial charge in [-0.05, 0) is 67.4 Å². The monoisotopic (exact) mass is 426 g/mol. The van der Waals surface area contributed by atoms with Crippen molar-refractivity contribution in [2.75, 3.05) is 39.3 Å². The van der Waals surface area contributed by atoms with E-state index >= 15 is 0 Å². The molecule has 1 fully saturated rings. The van der Waals surface area contributed by atoms with Crippen LogP contribution >= 0.6 is 11.6 Å². The lowest BCUT2D eigenvalue weighted by Gasteiger charge is -2.34. The van der Waals surface area contributed by atoms with Gasteiger partial charge >= 0.3 is 0 Å². The predicted octanol–water partition coefficient (Wildman–Crippen LogP) is 6.73. The third kappa shape index (κ3) is 7.46. The number of rotatable bonds is 10. The molecule has 0 atom stereocenters. The molecule has 0 aliphatic carbocycles. The summed E-state index contributed by atoms with van der Waals surface area (Å²) in [7, 11) is 0. The molecule has 0 N–H and O–H groups in total. The third-order valence-electron chi connectivity index (χ3n) is 5.81. The summed E-state index contributed by atoms with van der Waals surface area (Å²) in [6.07, 6.45) is 7.77. The molecule has 2 aromatic carbocycles. The molecule has 4 heteroatoms. The molecule has 0 bridgehead atoms. The molecule has 3 nitrogen and oxygen atoms in total. The van der Waals surface area contributed by atoms with E-state index in [4.69, 9.17) is 16.3 Å². The van der Waals surface area contributed by atoms with Crippen LogP contribution in [0.4, 0.5) is 0 Å². The lowest BCUT2D eigenvalue weighted by Crippen LogP contribution is -2.46. The molecule has 1 heterocycles. The fraction of sp³-hybridized carbons (Fsp3) is 0.462. The van der Waals surface area contributed by atoms with Crippen molar-refractivity contribution in [3.63, 3.8) is 0 Å². The Kier molecular flexibility index (Phi) is 9.26. The zero-order chi connectivity index (χ0) is 21.2. The van der Waals surface area contributed by atoms with Crippen LogP contribution in [0.5, 0.6) is 11.5 Å². The summed E-state index contributed by atoms with van der Waals surface area (Å²) in [5, 5.41) is 0.715. The summed E-state index contributed by atoms with van der Waals surface area (Å²) in [6, 6.07) is 15.8. The highest BCUT2D eigenvalue weighted by Crippen LogP contribution is 2.25. The molecule has 1 saturated heterocycles. The molecule has 1 aliphatic rings. The van der Waals surface area contributed by atoms with Crippen LogP contribution in [0.3, 0.4) is 0 Å². The van der Waals surface area contributed by atoms with Crippen molar-refractivity contribution >= 4 is 17.2 Å². The van der Waals surface area contributed by atoms with Gasteiger partial charge < -0.3 is 9.64 Å². The van der Waals surface area contributed by atoms with Crippen LogP contribution in [0.15, 0.2) is 54.6 Å². The van der Waals surface area contributed by atoms with Crippen molar-refractivity contribution in [3.05, 3.63) is 65.2 Å². The van der Waals surface area contributed by atoms with Crippen LogP contribution < -0.4 is 4.74 Å². The smallest absolute Gasteiger partial charge is 0.127 e. The van der Waals surface area contributed by atoms with Crippen molar-refractivity contribution in [1.29, 1.82) is 0 Å². The molecule has 0 radical (unpaired) electrons. The summed E-state index contributed by atoms with van der Waals surface area (Å²) in [4.78, 5) is 5.19. The van der Waals surface area contributed by atoms with Crippen LogP contribution in [0.25, 0.3) is 5.57 Å². The van der Waals surface area contributed by atoms with Crippen molar-refractivity contribution < 1.29 is 4.74 Å². The lowest BCUT2D eigenvalue weighted by atomic mass is 10.1. The molecule has 1 aliphatic heterocycles. The van der Waals surface area contributed by atoms with Gasteiger partial charge in [-0.25, -0.2) is 0 Å². The van der Waals surface area contributed by atoms with E-state index in [0.29, 0.717) is 5.02 Å². The number of halogens is 1. The number of hydrogen-bond donors (Lipinski definition) is 0. The maximum atomic E-state index is 5.93. The van der Waals surface area contributed by atoms with Gasteiger partial charge in [0.1, 0.15) is 11.5 Å². The Balaban J connectivity index is 1.43. The molecule has 2 aromatic rings. The number of ether oxygens (including phenoxy) is 1. The van der Waals surface area contributed by atoms with Crippen molar-refractivity contribution in [3.8, 4) is 11.5 Å². The number of nitrogens with zero attached hydrogens (tertiary/aromatic N) is 2. The van der Waals surface area contributed by atoms with E-state index in [1.54, 1.807) is 0 Å². The minimum atomic E-state index is 0.715. The van der Waals surface area contributed by atoms with E-state index in [2.05, 4.69) is 41.9 Å². The summed E-state index contributed by atoms with van der Waals surface area (Å²) in [5.74, 6) is 1.63. The van der Waals surface area contributed by atoms with Crippen LogP contribution in [-0.4, -0.2) is 49.1 Å². The van der Waals surface area contributed by atoms with E-state index in [0.717, 1.165) is 18.0 Å². The number of allylic oxidation sites excluding steroid dienone is 1. The Labute approximate surface area is 187 Å². The second-order valence-electron chi connectivity index (χ2n) is 8.17. The van der Waals surface area contributed by atoms with E-state index in [-0.39, 0.29) is 0 Å². The highest BCUT2D eigenvalue weighted by atomic mass is 35.5. The van der Waals surface area contributed by atoms with Gasteiger partial charge in [-0.3, -0.25) is 4.90 Å². The van der Waals surface area contributed by atoms with Crippen LogP contribution in [0, 0.1) is 0 Å². The summed E-state index contributed by atoms with van der Waals surface area (Å²) in [5.41, 5.74) is 2.56. The van der Waals surface area contributed by atoms with Gasteiger partial charge in [0.15, 0.2) is 0 Å². The molecule has 0 spiro atoms. The number of hydrogen-bond acceptors (Lipinski definition) is 3. The summed E-state index contributed by atoms with van der Waals surface area (Å²) >= 11 is 5.93. The largest absolute Gasteiger partial charge is 0.457 e. The SMILES string of the molecule is CCCCCCN1CCN(CC=C(C)c2ccc(Oc3ccc(Cl)cc3)cc2)CC1. The zero-order valence-electron chi connectivity index (χ0n) is 18.4. The lowest BCUT2D eigenvalue weighted by molar-refractivity contribution is 0.140. The van der Waals surface area contributed by atoms with Crippen LogP contribution in [0.1, 0.15) is 45.1 Å². The molecular weight excluding hydrogens is 392 g/mol. The second kappa shape index (κ2) is 12.1. The Morgan fingerprint density at radius 3 is 2.10 bits per heavy atom. The quantitative estimate of drug-likeness (QED) is 0.391. The van der Waals surface area contributed by atoms with Gasteiger partial charge in [-0.2, -0.15) is 0 Å². The maximum absolute atomic E-state index is 5.93. The summed E-state index contributed by atoms with van der Waals surface area (Å²) in [6.45, 7) is 11.5. The number of benzene rings is 2. The first-order chi connectivity index (χ1) is 14.6. The fourth-order valence-corrected chi connectivity index (χ4v) is 3.89. The minimum Gasteiger partial charge on any atom is -0.457 e. The molecular formula is C26H35ClN2O. The van der Waals surface area contributed by atoms with E-state index < -0.39 is 0 Å². The maximum Gasteiger partial charge on any atom is 0.127 e. The Bertz CT molecular complexity index is 778. The zero-order valence-corrected chi connectivity index (χ0v) is 19.2. The molecule has 3 rings (SSSR count). The minimum absolute atomic E-state index is 0.715. The highest BCUT2D eigenvalue weighted by molar-refractivity contribution is 6.30. The predicted molar refractivity (Wildman–Crippen MR) is 129 cm³/mol. The summed E-state index contributed by atoms with van der Waals surface area (Å²) < 4.78 is 5.88. The average Bonchev–Trinajstić information content (AvgIpc) is 2.78. The van der Waals surface area contributed by atoms with Crippen molar-refractivity contribution in [2.45, 2.75) is 39.5 Å². The van der Waals surface area contributed by atoms with Gasteiger partial charge in [-0.15, -0.1) is 0 Å². The van der Waals surface area contributed by atoms with Gasteiger partial charge in [-0.1, -0.05) is 56.0 Å².